The highest BCUT2D eigenvalue weighted by atomic mass is 16.2. The largest absolute Gasteiger partial charge is 0.352 e. The number of rotatable bonds is 12. The molecule has 1 saturated heterocycles. The van der Waals surface area contributed by atoms with Crippen LogP contribution < -0.4 is 16.0 Å². The van der Waals surface area contributed by atoms with Crippen LogP contribution in [0.4, 0.5) is 4.79 Å². The zero-order valence-electron chi connectivity index (χ0n) is 24.6. The first-order chi connectivity index (χ1) is 20.0. The zero-order valence-corrected chi connectivity index (χ0v) is 24.6. The highest BCUT2D eigenvalue weighted by Gasteiger charge is 2.41. The van der Waals surface area contributed by atoms with Gasteiger partial charge in [0.15, 0.2) is 0 Å². The lowest BCUT2D eigenvalue weighted by atomic mass is 9.85. The fraction of sp³-hybridized carbons (Fsp3) is 0.412. The van der Waals surface area contributed by atoms with Crippen LogP contribution in [0.3, 0.4) is 0 Å². The first-order valence-electron chi connectivity index (χ1n) is 14.9. The second-order valence-electron chi connectivity index (χ2n) is 11.1. The van der Waals surface area contributed by atoms with Gasteiger partial charge in [-0.05, 0) is 56.1 Å². The SMILES string of the molecule is CCCCCNC(=O)NC1CC(CNC(=O)c2ccccc2)C(N(C)C)CN1C(c1ccccc1)c1ccccc1. The Bertz CT molecular complexity index is 1170. The number of nitrogens with one attached hydrogen (secondary N) is 3. The Morgan fingerprint density at radius 3 is 2.00 bits per heavy atom. The first kappa shape index (κ1) is 30.3. The van der Waals surface area contributed by atoms with Gasteiger partial charge in [0.2, 0.25) is 0 Å². The predicted octanol–water partition coefficient (Wildman–Crippen LogP) is 5.27. The molecule has 7 heteroatoms. The second-order valence-corrected chi connectivity index (χ2v) is 11.1. The minimum atomic E-state index is -0.221. The zero-order chi connectivity index (χ0) is 29.0. The topological polar surface area (TPSA) is 76.7 Å². The summed E-state index contributed by atoms with van der Waals surface area (Å²) in [7, 11) is 4.20. The molecule has 1 heterocycles. The van der Waals surface area contributed by atoms with Crippen molar-refractivity contribution in [3.05, 3.63) is 108 Å². The van der Waals surface area contributed by atoms with Gasteiger partial charge in [0.25, 0.3) is 5.91 Å². The van der Waals surface area contributed by atoms with Gasteiger partial charge < -0.3 is 20.9 Å². The highest BCUT2D eigenvalue weighted by Crippen LogP contribution is 2.36. The molecule has 3 aromatic carbocycles. The van der Waals surface area contributed by atoms with Gasteiger partial charge in [0.1, 0.15) is 0 Å². The van der Waals surface area contributed by atoms with Crippen molar-refractivity contribution in [3.8, 4) is 0 Å². The third kappa shape index (κ3) is 8.41. The molecule has 3 N–H and O–H groups in total. The fourth-order valence-corrected chi connectivity index (χ4v) is 5.84. The van der Waals surface area contributed by atoms with Crippen molar-refractivity contribution in [2.24, 2.45) is 5.92 Å². The summed E-state index contributed by atoms with van der Waals surface area (Å²) in [6, 6.07) is 30.3. The van der Waals surface area contributed by atoms with Gasteiger partial charge >= 0.3 is 6.03 Å². The molecule has 1 aliphatic rings. The maximum Gasteiger partial charge on any atom is 0.316 e. The van der Waals surface area contributed by atoms with E-state index in [0.717, 1.165) is 25.8 Å². The standard InChI is InChI=1S/C34H45N5O2/c1-4-5-15-22-35-34(41)37-31-23-29(24-36-33(40)28-20-13-8-14-21-28)30(38(2)3)25-39(31)32(26-16-9-6-10-17-26)27-18-11-7-12-19-27/h6-14,16-21,29-32H,4-5,15,22-25H2,1-3H3,(H,36,40)(H2,35,37,41). The number of hydrogen-bond donors (Lipinski definition) is 3. The molecule has 3 amide bonds. The first-order valence-corrected chi connectivity index (χ1v) is 14.9. The molecular formula is C34H45N5O2. The van der Waals surface area contributed by atoms with Crippen molar-refractivity contribution in [1.29, 1.82) is 0 Å². The van der Waals surface area contributed by atoms with Crippen molar-refractivity contribution in [2.45, 2.75) is 50.9 Å². The lowest BCUT2D eigenvalue weighted by Crippen LogP contribution is -2.63. The van der Waals surface area contributed by atoms with Gasteiger partial charge in [-0.2, -0.15) is 0 Å². The van der Waals surface area contributed by atoms with Gasteiger partial charge in [0, 0.05) is 31.2 Å². The molecule has 3 aromatic rings. The van der Waals surface area contributed by atoms with E-state index in [1.54, 1.807) is 0 Å². The van der Waals surface area contributed by atoms with Crippen molar-refractivity contribution < 1.29 is 9.59 Å². The Balaban J connectivity index is 1.61. The van der Waals surface area contributed by atoms with E-state index in [1.807, 2.05) is 42.5 Å². The van der Waals surface area contributed by atoms with Crippen molar-refractivity contribution in [1.82, 2.24) is 25.8 Å². The minimum absolute atomic E-state index is 0.0369. The molecule has 4 rings (SSSR count). The Morgan fingerprint density at radius 1 is 0.854 bits per heavy atom. The molecule has 1 aliphatic heterocycles. The van der Waals surface area contributed by atoms with E-state index in [2.05, 4.69) is 95.3 Å². The normalized spacial score (nSPS) is 19.2. The van der Waals surface area contributed by atoms with Crippen LogP contribution in [0, 0.1) is 5.92 Å². The second kappa shape index (κ2) is 15.4. The summed E-state index contributed by atoms with van der Waals surface area (Å²) < 4.78 is 0. The molecule has 1 fully saturated rings. The molecule has 0 aromatic heterocycles. The molecule has 41 heavy (non-hydrogen) atoms. The smallest absolute Gasteiger partial charge is 0.316 e. The molecule has 218 valence electrons. The number of unbranched alkanes of at least 4 members (excludes halogenated alkanes) is 2. The van der Waals surface area contributed by atoms with Crippen LogP contribution in [-0.2, 0) is 0 Å². The average molecular weight is 556 g/mol. The summed E-state index contributed by atoms with van der Waals surface area (Å²) in [5.74, 6) is 0.0710. The maximum atomic E-state index is 13.2. The summed E-state index contributed by atoms with van der Waals surface area (Å²) in [5.41, 5.74) is 3.02. The minimum Gasteiger partial charge on any atom is -0.352 e. The maximum absolute atomic E-state index is 13.2. The summed E-state index contributed by atoms with van der Waals surface area (Å²) >= 11 is 0. The summed E-state index contributed by atoms with van der Waals surface area (Å²) in [6.45, 7) is 4.07. The lowest BCUT2D eigenvalue weighted by Gasteiger charge is -2.49. The van der Waals surface area contributed by atoms with E-state index in [9.17, 15) is 9.59 Å². The molecular weight excluding hydrogens is 510 g/mol. The molecule has 7 nitrogen and oxygen atoms in total. The van der Waals surface area contributed by atoms with Crippen LogP contribution in [0.5, 0.6) is 0 Å². The monoisotopic (exact) mass is 555 g/mol. The number of likely N-dealkylation sites (N-methyl/N-ethyl adjacent to an activating group) is 1. The van der Waals surface area contributed by atoms with Crippen LogP contribution in [0.2, 0.25) is 0 Å². The molecule has 0 saturated carbocycles. The molecule has 0 radical (unpaired) electrons. The van der Waals surface area contributed by atoms with E-state index >= 15 is 0 Å². The Hall–Kier alpha value is -3.68. The van der Waals surface area contributed by atoms with Crippen LogP contribution in [0.25, 0.3) is 0 Å². The van der Waals surface area contributed by atoms with Gasteiger partial charge in [-0.15, -0.1) is 0 Å². The Labute approximate surface area is 245 Å². The predicted molar refractivity (Wildman–Crippen MR) is 166 cm³/mol. The number of urea groups is 1. The van der Waals surface area contributed by atoms with Crippen LogP contribution >= 0.6 is 0 Å². The molecule has 3 unspecified atom stereocenters. The van der Waals surface area contributed by atoms with E-state index in [1.165, 1.54) is 11.1 Å². The number of nitrogens with zero attached hydrogens (tertiary/aromatic N) is 2. The number of carbonyl (C=O) groups excluding carboxylic acids is 2. The fourth-order valence-electron chi connectivity index (χ4n) is 5.84. The van der Waals surface area contributed by atoms with Gasteiger partial charge in [0.05, 0.1) is 12.2 Å². The molecule has 0 aliphatic carbocycles. The lowest BCUT2D eigenvalue weighted by molar-refractivity contribution is 0.0103. The average Bonchev–Trinajstić information content (AvgIpc) is 3.00. The molecule has 0 bridgehead atoms. The summed E-state index contributed by atoms with van der Waals surface area (Å²) in [5, 5.41) is 9.56. The summed E-state index contributed by atoms with van der Waals surface area (Å²) in [6.07, 6.45) is 3.65. The summed E-state index contributed by atoms with van der Waals surface area (Å²) in [4.78, 5) is 30.8. The van der Waals surface area contributed by atoms with Crippen LogP contribution in [0.15, 0.2) is 91.0 Å². The van der Waals surface area contributed by atoms with Gasteiger partial charge in [-0.25, -0.2) is 4.79 Å². The van der Waals surface area contributed by atoms with Crippen LogP contribution in [-0.4, -0.2) is 67.7 Å². The Kier molecular flexibility index (Phi) is 11.3. The number of piperidine rings is 1. The van der Waals surface area contributed by atoms with Crippen molar-refractivity contribution in [3.63, 3.8) is 0 Å². The Morgan fingerprint density at radius 2 is 1.44 bits per heavy atom. The van der Waals surface area contributed by atoms with E-state index < -0.39 is 0 Å². The van der Waals surface area contributed by atoms with Gasteiger partial charge in [-0.3, -0.25) is 9.69 Å². The van der Waals surface area contributed by atoms with Crippen molar-refractivity contribution >= 4 is 11.9 Å². The van der Waals surface area contributed by atoms with Crippen molar-refractivity contribution in [2.75, 3.05) is 33.7 Å². The quantitative estimate of drug-likeness (QED) is 0.266. The molecule has 0 spiro atoms. The third-order valence-corrected chi connectivity index (χ3v) is 8.02. The number of carbonyl (C=O) groups is 2. The van der Waals surface area contributed by atoms with E-state index in [0.29, 0.717) is 25.1 Å². The number of benzene rings is 3. The van der Waals surface area contributed by atoms with Crippen LogP contribution in [0.1, 0.15) is 60.1 Å². The number of amides is 3. The third-order valence-electron chi connectivity index (χ3n) is 8.02. The van der Waals surface area contributed by atoms with E-state index in [4.69, 9.17) is 0 Å². The van der Waals surface area contributed by atoms with Gasteiger partial charge in [-0.1, -0.05) is 98.6 Å². The van der Waals surface area contributed by atoms with E-state index in [-0.39, 0.29) is 36.1 Å². The number of hydrogen-bond acceptors (Lipinski definition) is 4. The molecule has 3 atom stereocenters. The number of likely N-dealkylation sites (tertiary alicyclic amines) is 1. The highest BCUT2D eigenvalue weighted by molar-refractivity contribution is 5.94.